The van der Waals surface area contributed by atoms with Crippen molar-refractivity contribution in [1.82, 2.24) is 10.3 Å². The second kappa shape index (κ2) is 6.88. The van der Waals surface area contributed by atoms with Crippen LogP contribution in [0.4, 0.5) is 4.79 Å². The number of hydrogen-bond donors (Lipinski definition) is 2. The predicted octanol–water partition coefficient (Wildman–Crippen LogP) is 2.39. The summed E-state index contributed by atoms with van der Waals surface area (Å²) in [6.07, 6.45) is 1.38. The first-order chi connectivity index (χ1) is 10.1. The molecule has 1 amide bonds. The molecule has 1 atom stereocenters. The van der Waals surface area contributed by atoms with Gasteiger partial charge in [0, 0.05) is 6.20 Å². The summed E-state index contributed by atoms with van der Waals surface area (Å²) < 4.78 is 21.6. The molecule has 0 aliphatic rings. The molecule has 1 aromatic carbocycles. The van der Waals surface area contributed by atoms with Gasteiger partial charge in [0.25, 0.3) is 0 Å². The molecule has 7 nitrogen and oxygen atoms in total. The fourth-order valence-corrected chi connectivity index (χ4v) is 2.23. The van der Waals surface area contributed by atoms with Crippen molar-refractivity contribution in [3.05, 3.63) is 54.9 Å². The zero-order chi connectivity index (χ0) is 15.1. The highest BCUT2D eigenvalue weighted by atomic mass is 31.2. The molecule has 110 valence electrons. The minimum absolute atomic E-state index is 0.140. The van der Waals surface area contributed by atoms with Gasteiger partial charge in [0.15, 0.2) is 0 Å². The molecule has 2 aromatic rings. The molecule has 0 aliphatic carbocycles. The molecule has 1 unspecified atom stereocenters. The first-order valence-corrected chi connectivity index (χ1v) is 7.74. The lowest BCUT2D eigenvalue weighted by atomic mass is 10.3. The highest BCUT2D eigenvalue weighted by Crippen LogP contribution is 2.40. The van der Waals surface area contributed by atoms with E-state index in [1.807, 2.05) is 0 Å². The van der Waals surface area contributed by atoms with E-state index in [1.54, 1.807) is 36.4 Å². The number of para-hydroxylation sites is 1. The molecule has 0 radical (unpaired) electrons. The number of pyridine rings is 1. The Labute approximate surface area is 121 Å². The van der Waals surface area contributed by atoms with E-state index in [0.717, 1.165) is 0 Å². The smallest absolute Gasteiger partial charge is 0.413 e. The summed E-state index contributed by atoms with van der Waals surface area (Å²) in [6, 6.07) is 11.4. The van der Waals surface area contributed by atoms with Crippen molar-refractivity contribution in [2.24, 2.45) is 0 Å². The highest BCUT2D eigenvalue weighted by molar-refractivity contribution is 7.53. The predicted molar refractivity (Wildman–Crippen MR) is 75.2 cm³/mol. The van der Waals surface area contributed by atoms with Gasteiger partial charge in [-0.25, -0.2) is 9.36 Å². The molecule has 0 saturated heterocycles. The molecular formula is C13H13N2O5P. The van der Waals surface area contributed by atoms with Crippen molar-refractivity contribution in [2.45, 2.75) is 0 Å². The third kappa shape index (κ3) is 5.25. The van der Waals surface area contributed by atoms with Crippen LogP contribution in [0.15, 0.2) is 54.9 Å². The summed E-state index contributed by atoms with van der Waals surface area (Å²) in [6.45, 7) is 0. The van der Waals surface area contributed by atoms with Gasteiger partial charge in [-0.15, -0.1) is 0 Å². The van der Waals surface area contributed by atoms with E-state index in [9.17, 15) is 14.3 Å². The Hall–Kier alpha value is -2.37. The Morgan fingerprint density at radius 1 is 1.19 bits per heavy atom. The van der Waals surface area contributed by atoms with Crippen LogP contribution in [0.25, 0.3) is 0 Å². The molecule has 1 aromatic heterocycles. The maximum absolute atomic E-state index is 11.8. The van der Waals surface area contributed by atoms with Crippen molar-refractivity contribution < 1.29 is 23.5 Å². The molecule has 2 N–H and O–H groups in total. The number of benzene rings is 1. The molecule has 1 heterocycles. The lowest BCUT2D eigenvalue weighted by molar-refractivity contribution is 0.201. The van der Waals surface area contributed by atoms with Crippen molar-refractivity contribution in [3.63, 3.8) is 0 Å². The van der Waals surface area contributed by atoms with E-state index >= 15 is 0 Å². The fourth-order valence-electron chi connectivity index (χ4n) is 1.39. The number of amides is 1. The standard InChI is InChI=1S/C13H13N2O5P/c16-13(19-11-5-2-1-3-6-11)15-10-21(17,18)20-12-7-4-8-14-9-12/h1-9H,10H2,(H,15,16)(H,17,18). The molecule has 8 heteroatoms. The average molecular weight is 308 g/mol. The van der Waals surface area contributed by atoms with Crippen LogP contribution in [0, 0.1) is 0 Å². The number of nitrogens with one attached hydrogen (secondary N) is 1. The van der Waals surface area contributed by atoms with Crippen LogP contribution in [0.5, 0.6) is 11.5 Å². The van der Waals surface area contributed by atoms with Crippen LogP contribution in [0.1, 0.15) is 0 Å². The molecule has 0 spiro atoms. The largest absolute Gasteiger partial charge is 0.422 e. The monoisotopic (exact) mass is 308 g/mol. The van der Waals surface area contributed by atoms with Gasteiger partial charge < -0.3 is 19.5 Å². The number of rotatable bonds is 5. The number of hydrogen-bond acceptors (Lipinski definition) is 5. The van der Waals surface area contributed by atoms with Gasteiger partial charge in [-0.1, -0.05) is 18.2 Å². The van der Waals surface area contributed by atoms with Gasteiger partial charge in [-0.05, 0) is 24.3 Å². The lowest BCUT2D eigenvalue weighted by Crippen LogP contribution is -2.28. The van der Waals surface area contributed by atoms with Crippen LogP contribution < -0.4 is 14.6 Å². The van der Waals surface area contributed by atoms with Gasteiger partial charge >= 0.3 is 13.7 Å². The summed E-state index contributed by atoms with van der Waals surface area (Å²) in [4.78, 5) is 24.8. The van der Waals surface area contributed by atoms with Crippen LogP contribution >= 0.6 is 7.60 Å². The Bertz CT molecular complexity index is 636. The first kappa shape index (κ1) is 15.0. The summed E-state index contributed by atoms with van der Waals surface area (Å²) in [5, 5.41) is 2.17. The Kier molecular flexibility index (Phi) is 4.92. The number of aromatic nitrogens is 1. The van der Waals surface area contributed by atoms with Gasteiger partial charge in [0.2, 0.25) is 0 Å². The molecule has 2 rings (SSSR count). The summed E-state index contributed by atoms with van der Waals surface area (Å²) in [7, 11) is -4.02. The third-order valence-electron chi connectivity index (χ3n) is 2.26. The van der Waals surface area contributed by atoms with Crippen LogP contribution in [-0.2, 0) is 4.57 Å². The fraction of sp³-hybridized carbons (Fsp3) is 0.0769. The van der Waals surface area contributed by atoms with Crippen molar-refractivity contribution in [3.8, 4) is 11.5 Å². The SMILES string of the molecule is O=C(NCP(=O)(O)Oc1cccnc1)Oc1ccccc1. The average Bonchev–Trinajstić information content (AvgIpc) is 2.47. The van der Waals surface area contributed by atoms with E-state index in [2.05, 4.69) is 10.3 Å². The van der Waals surface area contributed by atoms with Gasteiger partial charge in [0.1, 0.15) is 17.8 Å². The van der Waals surface area contributed by atoms with Crippen molar-refractivity contribution in [1.29, 1.82) is 0 Å². The third-order valence-corrected chi connectivity index (χ3v) is 3.31. The van der Waals surface area contributed by atoms with E-state index in [0.29, 0.717) is 5.75 Å². The van der Waals surface area contributed by atoms with Crippen LogP contribution in [-0.4, -0.2) is 22.3 Å². The zero-order valence-corrected chi connectivity index (χ0v) is 11.8. The quantitative estimate of drug-likeness (QED) is 0.823. The summed E-state index contributed by atoms with van der Waals surface area (Å²) in [5.74, 6) is 0.470. The molecule has 0 fully saturated rings. The Balaban J connectivity index is 1.84. The minimum atomic E-state index is -4.02. The molecule has 0 saturated carbocycles. The number of ether oxygens (including phenoxy) is 1. The van der Waals surface area contributed by atoms with E-state index in [1.165, 1.54) is 18.5 Å². The van der Waals surface area contributed by atoms with Crippen LogP contribution in [0.2, 0.25) is 0 Å². The van der Waals surface area contributed by atoms with Crippen molar-refractivity contribution >= 4 is 13.7 Å². The van der Waals surface area contributed by atoms with E-state index in [4.69, 9.17) is 9.26 Å². The van der Waals surface area contributed by atoms with Gasteiger partial charge in [-0.2, -0.15) is 0 Å². The normalized spacial score (nSPS) is 13.0. The molecule has 0 bridgehead atoms. The minimum Gasteiger partial charge on any atom is -0.422 e. The Morgan fingerprint density at radius 2 is 1.90 bits per heavy atom. The van der Waals surface area contributed by atoms with Gasteiger partial charge in [-0.3, -0.25) is 4.98 Å². The molecule has 21 heavy (non-hydrogen) atoms. The van der Waals surface area contributed by atoms with E-state index in [-0.39, 0.29) is 5.75 Å². The lowest BCUT2D eigenvalue weighted by Gasteiger charge is -2.13. The maximum Gasteiger partial charge on any atom is 0.413 e. The topological polar surface area (TPSA) is 97.8 Å². The molecule has 0 aliphatic heterocycles. The summed E-state index contributed by atoms with van der Waals surface area (Å²) in [5.41, 5.74) is 0. The Morgan fingerprint density at radius 3 is 2.57 bits per heavy atom. The zero-order valence-electron chi connectivity index (χ0n) is 10.9. The van der Waals surface area contributed by atoms with Crippen LogP contribution in [0.3, 0.4) is 0 Å². The first-order valence-electron chi connectivity index (χ1n) is 5.97. The second-order valence-corrected chi connectivity index (χ2v) is 5.73. The maximum atomic E-state index is 11.8. The van der Waals surface area contributed by atoms with Gasteiger partial charge in [0.05, 0.1) is 6.20 Å². The number of carbonyl (C=O) groups is 1. The summed E-state index contributed by atoms with van der Waals surface area (Å²) >= 11 is 0. The van der Waals surface area contributed by atoms with E-state index < -0.39 is 20.0 Å². The molecular weight excluding hydrogens is 295 g/mol. The second-order valence-electron chi connectivity index (χ2n) is 3.95. The highest BCUT2D eigenvalue weighted by Gasteiger charge is 2.22. The number of nitrogens with zero attached hydrogens (tertiary/aromatic N) is 1. The number of carbonyl (C=O) groups excluding carboxylic acids is 1. The van der Waals surface area contributed by atoms with Crippen molar-refractivity contribution in [2.75, 3.05) is 6.29 Å².